The van der Waals surface area contributed by atoms with Gasteiger partial charge in [0.2, 0.25) is 0 Å². The maximum Gasteiger partial charge on any atom is 0.287 e. The Hall–Kier alpha value is -2.35. The predicted molar refractivity (Wildman–Crippen MR) is 75.0 cm³/mol. The average molecular weight is 235 g/mol. The summed E-state index contributed by atoms with van der Waals surface area (Å²) in [6.45, 7) is 3.88. The summed E-state index contributed by atoms with van der Waals surface area (Å²) in [4.78, 5) is 3.47. The van der Waals surface area contributed by atoms with Gasteiger partial charge in [-0.2, -0.15) is 0 Å². The molecule has 2 nitrogen and oxygen atoms in total. The molecule has 0 aliphatic rings. The van der Waals surface area contributed by atoms with Gasteiger partial charge in [0.25, 0.3) is 5.82 Å². The van der Waals surface area contributed by atoms with Crippen LogP contribution in [0.2, 0.25) is 0 Å². The zero-order valence-corrected chi connectivity index (χ0v) is 10.4. The molecule has 3 aromatic rings. The molecule has 0 saturated heterocycles. The summed E-state index contributed by atoms with van der Waals surface area (Å²) in [5.41, 5.74) is 4.66. The quantitative estimate of drug-likeness (QED) is 0.658. The van der Waals surface area contributed by atoms with Crippen molar-refractivity contribution in [1.82, 2.24) is 4.98 Å². The molecule has 0 atom stereocenters. The maximum atomic E-state index is 3.88. The van der Waals surface area contributed by atoms with Crippen LogP contribution in [-0.2, 0) is 7.05 Å². The lowest BCUT2D eigenvalue weighted by Gasteiger charge is -2.00. The molecule has 1 heterocycles. The number of fused-ring (bicyclic) bond motifs is 1. The summed E-state index contributed by atoms with van der Waals surface area (Å²) in [7, 11) is 2.08. The largest absolute Gasteiger partial charge is 0.287 e. The van der Waals surface area contributed by atoms with Crippen LogP contribution < -0.4 is 4.57 Å². The van der Waals surface area contributed by atoms with Crippen molar-refractivity contribution in [2.75, 3.05) is 0 Å². The summed E-state index contributed by atoms with van der Waals surface area (Å²) in [6.07, 6.45) is 1.89. The minimum Gasteiger partial charge on any atom is -0.236 e. The van der Waals surface area contributed by atoms with Crippen LogP contribution in [0.25, 0.3) is 28.5 Å². The highest BCUT2D eigenvalue weighted by atomic mass is 15.1. The minimum atomic E-state index is 1.10. The van der Waals surface area contributed by atoms with Crippen LogP contribution in [-0.4, -0.2) is 4.98 Å². The summed E-state index contributed by atoms with van der Waals surface area (Å²) in [5.74, 6) is 1.10. The number of para-hydroxylation sites is 2. The molecule has 18 heavy (non-hydrogen) atoms. The molecule has 2 heteroatoms. The van der Waals surface area contributed by atoms with E-state index in [4.69, 9.17) is 0 Å². The monoisotopic (exact) mass is 235 g/mol. The number of aryl methyl sites for hydroxylation is 1. The second kappa shape index (κ2) is 4.15. The third-order valence-corrected chi connectivity index (χ3v) is 3.29. The van der Waals surface area contributed by atoms with E-state index in [1.807, 2.05) is 24.3 Å². The molecule has 1 aromatic heterocycles. The van der Waals surface area contributed by atoms with Crippen LogP contribution in [0.3, 0.4) is 0 Å². The van der Waals surface area contributed by atoms with Crippen molar-refractivity contribution in [3.63, 3.8) is 0 Å². The van der Waals surface area contributed by atoms with E-state index in [1.165, 1.54) is 11.1 Å². The van der Waals surface area contributed by atoms with Crippen LogP contribution in [0.1, 0.15) is 5.56 Å². The van der Waals surface area contributed by atoms with Gasteiger partial charge in [-0.25, -0.2) is 9.55 Å². The number of rotatable bonds is 2. The van der Waals surface area contributed by atoms with Gasteiger partial charge in [-0.05, 0) is 23.8 Å². The lowest BCUT2D eigenvalue weighted by atomic mass is 10.1. The maximum absolute atomic E-state index is 3.88. The predicted octanol–water partition coefficient (Wildman–Crippen LogP) is 3.30. The topological polar surface area (TPSA) is 19.7 Å². The van der Waals surface area contributed by atoms with Gasteiger partial charge in [0.05, 0.1) is 12.6 Å². The Labute approximate surface area is 106 Å². The van der Waals surface area contributed by atoms with E-state index in [0.29, 0.717) is 0 Å². The van der Waals surface area contributed by atoms with Crippen LogP contribution in [0.5, 0.6) is 0 Å². The Kier molecular flexibility index (Phi) is 2.49. The highest BCUT2D eigenvalue weighted by Crippen LogP contribution is 2.22. The Morgan fingerprint density at radius 2 is 1.78 bits per heavy atom. The van der Waals surface area contributed by atoms with E-state index in [0.717, 1.165) is 16.9 Å². The third-order valence-electron chi connectivity index (χ3n) is 3.29. The fraction of sp³-hybridized carbons (Fsp3) is 0.0625. The first-order valence-electron chi connectivity index (χ1n) is 6.00. The fourth-order valence-corrected chi connectivity index (χ4v) is 2.34. The fourth-order valence-electron chi connectivity index (χ4n) is 2.34. The summed E-state index contributed by atoms with van der Waals surface area (Å²) < 4.78 is 2.18. The number of nitrogens with one attached hydrogen (secondary N) is 1. The molecule has 0 radical (unpaired) electrons. The first kappa shape index (κ1) is 10.8. The Bertz CT molecular complexity index is 723. The SMILES string of the molecule is C=Cc1ccccc1-c1[nH]c2ccccc2[n+]1C. The first-order valence-corrected chi connectivity index (χ1v) is 6.00. The number of H-pyrrole nitrogens is 1. The van der Waals surface area contributed by atoms with Crippen molar-refractivity contribution in [1.29, 1.82) is 0 Å². The van der Waals surface area contributed by atoms with Gasteiger partial charge >= 0.3 is 0 Å². The molecule has 0 saturated carbocycles. The molecule has 0 bridgehead atoms. The number of hydrogen-bond donors (Lipinski definition) is 1. The first-order chi connectivity index (χ1) is 8.81. The standard InChI is InChI=1S/C16H14N2/c1-3-12-8-4-5-9-13(12)16-17-14-10-6-7-11-15(14)18(16)2/h3-11H,1H2,2H3/p+1. The zero-order chi connectivity index (χ0) is 12.5. The molecule has 0 fully saturated rings. The number of aromatic amines is 1. The van der Waals surface area contributed by atoms with Gasteiger partial charge in [-0.3, -0.25) is 0 Å². The van der Waals surface area contributed by atoms with Crippen molar-refractivity contribution < 1.29 is 4.57 Å². The van der Waals surface area contributed by atoms with Crippen LogP contribution >= 0.6 is 0 Å². The van der Waals surface area contributed by atoms with Gasteiger partial charge in [-0.1, -0.05) is 43.0 Å². The number of aromatic nitrogens is 2. The van der Waals surface area contributed by atoms with Crippen LogP contribution in [0.4, 0.5) is 0 Å². The van der Waals surface area contributed by atoms with Crippen molar-refractivity contribution in [3.8, 4) is 11.4 Å². The lowest BCUT2D eigenvalue weighted by Crippen LogP contribution is -2.29. The highest BCUT2D eigenvalue weighted by Gasteiger charge is 2.18. The number of imidazole rings is 1. The van der Waals surface area contributed by atoms with E-state index < -0.39 is 0 Å². The molecular formula is C16H15N2+. The molecule has 0 spiro atoms. The number of hydrogen-bond acceptors (Lipinski definition) is 0. The lowest BCUT2D eigenvalue weighted by molar-refractivity contribution is -0.633. The highest BCUT2D eigenvalue weighted by molar-refractivity contribution is 5.77. The normalized spacial score (nSPS) is 10.7. The molecule has 0 unspecified atom stereocenters. The van der Waals surface area contributed by atoms with Gasteiger partial charge in [-0.15, -0.1) is 0 Å². The Balaban J connectivity index is 2.32. The van der Waals surface area contributed by atoms with Crippen molar-refractivity contribution in [2.45, 2.75) is 0 Å². The Morgan fingerprint density at radius 1 is 1.06 bits per heavy atom. The van der Waals surface area contributed by atoms with Crippen LogP contribution in [0.15, 0.2) is 55.1 Å². The minimum absolute atomic E-state index is 1.10. The molecule has 1 N–H and O–H groups in total. The summed E-state index contributed by atoms with van der Waals surface area (Å²) in [5, 5.41) is 0. The molecule has 0 aliphatic carbocycles. The Morgan fingerprint density at radius 3 is 2.56 bits per heavy atom. The molecule has 0 amide bonds. The van der Waals surface area contributed by atoms with E-state index in [9.17, 15) is 0 Å². The second-order valence-electron chi connectivity index (χ2n) is 4.34. The van der Waals surface area contributed by atoms with Gasteiger partial charge in [0, 0.05) is 0 Å². The molecular weight excluding hydrogens is 220 g/mol. The molecule has 88 valence electrons. The summed E-state index contributed by atoms with van der Waals surface area (Å²) >= 11 is 0. The molecule has 2 aromatic carbocycles. The molecule has 3 rings (SSSR count). The van der Waals surface area contributed by atoms with Crippen molar-refractivity contribution in [3.05, 3.63) is 60.7 Å². The van der Waals surface area contributed by atoms with E-state index in [-0.39, 0.29) is 0 Å². The summed E-state index contributed by atoms with van der Waals surface area (Å²) in [6, 6.07) is 16.6. The zero-order valence-electron chi connectivity index (χ0n) is 10.4. The van der Waals surface area contributed by atoms with Crippen molar-refractivity contribution in [2.24, 2.45) is 7.05 Å². The van der Waals surface area contributed by atoms with Gasteiger partial charge in [0.15, 0.2) is 11.0 Å². The van der Waals surface area contributed by atoms with Crippen molar-refractivity contribution >= 4 is 17.1 Å². The van der Waals surface area contributed by atoms with Crippen LogP contribution in [0, 0.1) is 0 Å². The van der Waals surface area contributed by atoms with E-state index in [1.54, 1.807) is 0 Å². The number of nitrogens with zero attached hydrogens (tertiary/aromatic N) is 1. The van der Waals surface area contributed by atoms with Gasteiger partial charge in [0.1, 0.15) is 0 Å². The average Bonchev–Trinajstić information content (AvgIpc) is 2.76. The third kappa shape index (κ3) is 1.54. The van der Waals surface area contributed by atoms with Gasteiger partial charge < -0.3 is 0 Å². The second-order valence-corrected chi connectivity index (χ2v) is 4.34. The van der Waals surface area contributed by atoms with E-state index in [2.05, 4.69) is 53.5 Å². The number of benzene rings is 2. The van der Waals surface area contributed by atoms with E-state index >= 15 is 0 Å². The molecule has 0 aliphatic heterocycles. The smallest absolute Gasteiger partial charge is 0.236 e.